The van der Waals surface area contributed by atoms with Crippen LogP contribution in [-0.4, -0.2) is 60.7 Å². The van der Waals surface area contributed by atoms with Gasteiger partial charge in [-0.3, -0.25) is 4.90 Å². The van der Waals surface area contributed by atoms with Gasteiger partial charge >= 0.3 is 0 Å². The van der Waals surface area contributed by atoms with Gasteiger partial charge in [-0.25, -0.2) is 4.98 Å². The highest BCUT2D eigenvalue weighted by atomic mass is 35.5. The van der Waals surface area contributed by atoms with E-state index in [1.54, 1.807) is 6.20 Å². The number of hydrogen-bond donors (Lipinski definition) is 0. The van der Waals surface area contributed by atoms with Crippen molar-refractivity contribution in [1.29, 1.82) is 0 Å². The van der Waals surface area contributed by atoms with E-state index in [1.807, 2.05) is 18.2 Å². The zero-order valence-corrected chi connectivity index (χ0v) is 14.1. The third-order valence-electron chi connectivity index (χ3n) is 3.95. The van der Waals surface area contributed by atoms with Crippen molar-refractivity contribution in [3.63, 3.8) is 0 Å². The van der Waals surface area contributed by atoms with Gasteiger partial charge < -0.3 is 9.64 Å². The van der Waals surface area contributed by atoms with Gasteiger partial charge in [0.15, 0.2) is 0 Å². The third kappa shape index (κ3) is 5.95. The summed E-state index contributed by atoms with van der Waals surface area (Å²) in [5.41, 5.74) is 0. The molecular formula is C17H26ClN3O. The summed E-state index contributed by atoms with van der Waals surface area (Å²) in [5, 5.41) is 0.630. The van der Waals surface area contributed by atoms with E-state index >= 15 is 0 Å². The number of rotatable bonds is 7. The van der Waals surface area contributed by atoms with Crippen LogP contribution >= 0.6 is 11.6 Å². The summed E-state index contributed by atoms with van der Waals surface area (Å²) in [5.74, 6) is 0.644. The molecule has 0 spiro atoms. The molecular weight excluding hydrogens is 298 g/mol. The SMILES string of the molecule is C=CCC[C@@H](CN1CCCN(C)CC1)Oc1ccc(Cl)cn1. The van der Waals surface area contributed by atoms with Gasteiger partial charge in [-0.05, 0) is 45.5 Å². The molecule has 0 aromatic carbocycles. The zero-order chi connectivity index (χ0) is 15.8. The molecule has 0 amide bonds. The van der Waals surface area contributed by atoms with Crippen LogP contribution in [0.3, 0.4) is 0 Å². The lowest BCUT2D eigenvalue weighted by Gasteiger charge is -2.26. The average Bonchev–Trinajstić information content (AvgIpc) is 2.72. The molecule has 5 heteroatoms. The quantitative estimate of drug-likeness (QED) is 0.721. The maximum atomic E-state index is 6.07. The van der Waals surface area contributed by atoms with E-state index in [2.05, 4.69) is 28.4 Å². The molecule has 1 aromatic rings. The summed E-state index contributed by atoms with van der Waals surface area (Å²) in [6, 6.07) is 3.65. The first-order valence-electron chi connectivity index (χ1n) is 7.97. The van der Waals surface area contributed by atoms with Crippen LogP contribution in [0.15, 0.2) is 31.0 Å². The lowest BCUT2D eigenvalue weighted by Crippen LogP contribution is -2.38. The van der Waals surface area contributed by atoms with E-state index < -0.39 is 0 Å². The molecule has 0 saturated carbocycles. The molecule has 0 radical (unpaired) electrons. The molecule has 1 fully saturated rings. The number of pyridine rings is 1. The van der Waals surface area contributed by atoms with Gasteiger partial charge in [-0.2, -0.15) is 0 Å². The van der Waals surface area contributed by atoms with Crippen LogP contribution in [0.1, 0.15) is 19.3 Å². The number of nitrogens with zero attached hydrogens (tertiary/aromatic N) is 3. The first-order chi connectivity index (χ1) is 10.7. The molecule has 122 valence electrons. The number of hydrogen-bond acceptors (Lipinski definition) is 4. The van der Waals surface area contributed by atoms with Crippen LogP contribution in [0.5, 0.6) is 5.88 Å². The van der Waals surface area contributed by atoms with Crippen LogP contribution in [0.4, 0.5) is 0 Å². The summed E-state index contributed by atoms with van der Waals surface area (Å²) in [7, 11) is 2.19. The summed E-state index contributed by atoms with van der Waals surface area (Å²) < 4.78 is 6.07. The Morgan fingerprint density at radius 2 is 2.23 bits per heavy atom. The minimum absolute atomic E-state index is 0.134. The molecule has 0 unspecified atom stereocenters. The standard InChI is InChI=1S/C17H26ClN3O/c1-3-4-6-16(22-17-8-7-15(18)13-19-17)14-21-10-5-9-20(2)11-12-21/h3,7-8,13,16H,1,4-6,9-12,14H2,2H3/t16-/m0/s1. The lowest BCUT2D eigenvalue weighted by molar-refractivity contribution is 0.123. The van der Waals surface area contributed by atoms with E-state index in [-0.39, 0.29) is 6.10 Å². The summed E-state index contributed by atoms with van der Waals surface area (Å²) in [6.07, 6.45) is 6.83. The normalized spacial score (nSPS) is 18.6. The van der Waals surface area contributed by atoms with Gasteiger partial charge in [0.05, 0.1) is 5.02 Å². The third-order valence-corrected chi connectivity index (χ3v) is 4.18. The molecule has 1 aromatic heterocycles. The van der Waals surface area contributed by atoms with E-state index in [0.717, 1.165) is 39.0 Å². The fourth-order valence-corrected chi connectivity index (χ4v) is 2.78. The molecule has 22 heavy (non-hydrogen) atoms. The van der Waals surface area contributed by atoms with Gasteiger partial charge in [0.1, 0.15) is 6.10 Å². The second-order valence-electron chi connectivity index (χ2n) is 5.88. The minimum Gasteiger partial charge on any atom is -0.473 e. The number of allylic oxidation sites excluding steroid dienone is 1. The zero-order valence-electron chi connectivity index (χ0n) is 13.4. The maximum Gasteiger partial charge on any atom is 0.213 e. The maximum absolute atomic E-state index is 6.07. The van der Waals surface area contributed by atoms with Crippen molar-refractivity contribution in [2.45, 2.75) is 25.4 Å². The molecule has 2 heterocycles. The molecule has 0 aliphatic carbocycles. The summed E-state index contributed by atoms with van der Waals surface area (Å²) in [6.45, 7) is 9.27. The Morgan fingerprint density at radius 3 is 2.95 bits per heavy atom. The summed E-state index contributed by atoms with van der Waals surface area (Å²) in [4.78, 5) is 9.13. The fourth-order valence-electron chi connectivity index (χ4n) is 2.66. The van der Waals surface area contributed by atoms with Crippen molar-refractivity contribution in [1.82, 2.24) is 14.8 Å². The Kier molecular flexibility index (Phi) is 7.16. The Bertz CT molecular complexity index is 452. The number of aromatic nitrogens is 1. The van der Waals surface area contributed by atoms with Crippen LogP contribution in [0.2, 0.25) is 5.02 Å². The Balaban J connectivity index is 1.92. The van der Waals surface area contributed by atoms with Crippen LogP contribution in [0.25, 0.3) is 0 Å². The number of ether oxygens (including phenoxy) is 1. The van der Waals surface area contributed by atoms with Gasteiger partial charge in [-0.1, -0.05) is 17.7 Å². The van der Waals surface area contributed by atoms with Crippen LogP contribution in [0, 0.1) is 0 Å². The highest BCUT2D eigenvalue weighted by Gasteiger charge is 2.18. The molecule has 1 atom stereocenters. The van der Waals surface area contributed by atoms with Crippen molar-refractivity contribution in [2.75, 3.05) is 39.8 Å². The molecule has 0 N–H and O–H groups in total. The monoisotopic (exact) mass is 323 g/mol. The topological polar surface area (TPSA) is 28.6 Å². The van der Waals surface area contributed by atoms with Crippen molar-refractivity contribution in [3.8, 4) is 5.88 Å². The molecule has 0 bridgehead atoms. The van der Waals surface area contributed by atoms with Crippen molar-refractivity contribution in [3.05, 3.63) is 36.0 Å². The first kappa shape index (κ1) is 17.3. The van der Waals surface area contributed by atoms with Gasteiger partial charge in [0, 0.05) is 31.9 Å². The van der Waals surface area contributed by atoms with Crippen molar-refractivity contribution in [2.24, 2.45) is 0 Å². The molecule has 1 aliphatic heterocycles. The first-order valence-corrected chi connectivity index (χ1v) is 8.35. The van der Waals surface area contributed by atoms with E-state index in [1.165, 1.54) is 13.0 Å². The van der Waals surface area contributed by atoms with Crippen molar-refractivity contribution >= 4 is 11.6 Å². The highest BCUT2D eigenvalue weighted by Crippen LogP contribution is 2.16. The smallest absolute Gasteiger partial charge is 0.213 e. The highest BCUT2D eigenvalue weighted by molar-refractivity contribution is 6.30. The van der Waals surface area contributed by atoms with Gasteiger partial charge in [0.25, 0.3) is 0 Å². The molecule has 1 saturated heterocycles. The Labute approximate surface area is 138 Å². The van der Waals surface area contributed by atoms with E-state index in [4.69, 9.17) is 16.3 Å². The van der Waals surface area contributed by atoms with E-state index in [0.29, 0.717) is 10.9 Å². The van der Waals surface area contributed by atoms with Gasteiger partial charge in [0.2, 0.25) is 5.88 Å². The van der Waals surface area contributed by atoms with Crippen LogP contribution < -0.4 is 4.74 Å². The second-order valence-corrected chi connectivity index (χ2v) is 6.31. The summed E-state index contributed by atoms with van der Waals surface area (Å²) >= 11 is 5.88. The number of halogens is 1. The Hall–Kier alpha value is -1.10. The predicted octanol–water partition coefficient (Wildman–Crippen LogP) is 3.09. The molecule has 4 nitrogen and oxygen atoms in total. The molecule has 2 rings (SSSR count). The minimum atomic E-state index is 0.134. The lowest BCUT2D eigenvalue weighted by atomic mass is 10.1. The van der Waals surface area contributed by atoms with Crippen LogP contribution in [-0.2, 0) is 0 Å². The second kappa shape index (κ2) is 9.13. The Morgan fingerprint density at radius 1 is 1.36 bits per heavy atom. The van der Waals surface area contributed by atoms with Crippen molar-refractivity contribution < 1.29 is 4.74 Å². The van der Waals surface area contributed by atoms with Gasteiger partial charge in [-0.15, -0.1) is 6.58 Å². The fraction of sp³-hybridized carbons (Fsp3) is 0.588. The van der Waals surface area contributed by atoms with E-state index in [9.17, 15) is 0 Å². The predicted molar refractivity (Wildman–Crippen MR) is 91.6 cm³/mol. The largest absolute Gasteiger partial charge is 0.473 e. The molecule has 1 aliphatic rings. The number of likely N-dealkylation sites (N-methyl/N-ethyl adjacent to an activating group) is 1. The average molecular weight is 324 g/mol.